The number of halogens is 1. The Morgan fingerprint density at radius 2 is 1.40 bits per heavy atom. The molecule has 4 bridgehead atoms. The SMILES string of the molecule is C[C@H](CC(=O)CCC(=O)[C@H](C)CC(=O)[C@@H]1Cc2ccc(O)c(c2)-c2cc(ccc2O)[C@H](N(C)C(=O)[C@H](CCCCN)CC(=O)c2ccc(-c3ccc(Cl)cc3)cc2)C(=O)C[C@@H](C)C(=O)N1)C(=O)O. The van der Waals surface area contributed by atoms with Gasteiger partial charge in [0.05, 0.1) is 12.0 Å². The van der Waals surface area contributed by atoms with E-state index < -0.39 is 70.9 Å². The number of carbonyl (C=O) groups is 8. The van der Waals surface area contributed by atoms with Crippen LogP contribution in [0.25, 0.3) is 22.3 Å². The number of hydrogen-bond donors (Lipinski definition) is 5. The number of hydrogen-bond acceptors (Lipinski definition) is 11. The molecular formula is C53H60ClN3O11. The van der Waals surface area contributed by atoms with Crippen molar-refractivity contribution in [3.63, 3.8) is 0 Å². The number of likely N-dealkylation sites (N-methyl/N-ethyl adjacent to an activating group) is 1. The fourth-order valence-electron chi connectivity index (χ4n) is 8.49. The Hall–Kier alpha value is -6.51. The van der Waals surface area contributed by atoms with Crippen molar-refractivity contribution in [2.45, 2.75) is 97.1 Å². The van der Waals surface area contributed by atoms with E-state index in [1.54, 1.807) is 36.4 Å². The fraction of sp³-hybridized carbons (Fsp3) is 0.396. The van der Waals surface area contributed by atoms with Crippen molar-refractivity contribution in [3.8, 4) is 33.8 Å². The van der Waals surface area contributed by atoms with Crippen LogP contribution < -0.4 is 11.1 Å². The number of rotatable bonds is 20. The van der Waals surface area contributed by atoms with Crippen LogP contribution in [0.15, 0.2) is 84.9 Å². The van der Waals surface area contributed by atoms with Gasteiger partial charge in [-0.1, -0.05) is 87.3 Å². The van der Waals surface area contributed by atoms with Crippen LogP contribution in [0.2, 0.25) is 5.02 Å². The molecule has 6 N–H and O–H groups in total. The molecule has 2 amide bonds. The molecule has 360 valence electrons. The van der Waals surface area contributed by atoms with E-state index in [1.165, 1.54) is 57.0 Å². The molecule has 0 spiro atoms. The van der Waals surface area contributed by atoms with Gasteiger partial charge < -0.3 is 31.3 Å². The number of unbranched alkanes of at least 4 members (excludes halogenated alkanes) is 1. The average Bonchev–Trinajstić information content (AvgIpc) is 3.30. The van der Waals surface area contributed by atoms with Gasteiger partial charge in [0.15, 0.2) is 17.3 Å². The van der Waals surface area contributed by atoms with Gasteiger partial charge in [0.25, 0.3) is 0 Å². The van der Waals surface area contributed by atoms with E-state index in [2.05, 4.69) is 5.32 Å². The summed E-state index contributed by atoms with van der Waals surface area (Å²) in [5.74, 6) is -8.52. The summed E-state index contributed by atoms with van der Waals surface area (Å²) in [6, 6.07) is 20.6. The van der Waals surface area contributed by atoms with Crippen LogP contribution in [0.4, 0.5) is 0 Å². The van der Waals surface area contributed by atoms with E-state index in [-0.39, 0.29) is 84.7 Å². The summed E-state index contributed by atoms with van der Waals surface area (Å²) in [5.41, 5.74) is 9.02. The number of Topliss-reactive ketones (excluding diaryl/α,β-unsaturated/α-hetero) is 5. The van der Waals surface area contributed by atoms with Crippen LogP contribution in [-0.4, -0.2) is 86.6 Å². The Morgan fingerprint density at radius 1 is 0.779 bits per heavy atom. The first-order valence-corrected chi connectivity index (χ1v) is 23.3. The largest absolute Gasteiger partial charge is 0.507 e. The molecule has 68 heavy (non-hydrogen) atoms. The molecule has 14 nitrogen and oxygen atoms in total. The number of benzene rings is 4. The Bertz CT molecular complexity index is 2520. The summed E-state index contributed by atoms with van der Waals surface area (Å²) < 4.78 is 0. The number of aliphatic carboxylic acids is 1. The number of aromatic hydroxyl groups is 2. The van der Waals surface area contributed by atoms with Gasteiger partial charge in [0, 0.05) is 85.0 Å². The minimum Gasteiger partial charge on any atom is -0.507 e. The molecule has 1 heterocycles. The number of carboxylic acids is 1. The molecule has 0 aromatic heterocycles. The zero-order valence-electron chi connectivity index (χ0n) is 38.8. The summed E-state index contributed by atoms with van der Waals surface area (Å²) in [7, 11) is 1.45. The van der Waals surface area contributed by atoms with Crippen LogP contribution in [0.3, 0.4) is 0 Å². The standard InChI is InChI=1S/C53H60ClN3O11/c1-30(44(59)21-18-40(58)23-32(3)53(67)68)24-48(63)43-27-33-8-19-45(60)41(26-33)42-28-37(15-20-46(42)61)50(49(64)25-31(2)51(65)56-43)57(4)52(66)38(7-5-6-22-55)29-47(62)36-11-9-34(10-12-36)35-13-16-39(54)17-14-35/h8-17,19-20,26,28,30-32,38,43,50,60-61H,5-7,18,21-25,27,29,55H2,1-4H3,(H,56,65)(H,67,68)/t30-,31-,32-,38-,43+,50+/m1/s1. The summed E-state index contributed by atoms with van der Waals surface area (Å²) in [6.45, 7) is 4.81. The monoisotopic (exact) mass is 949 g/mol. The van der Waals surface area contributed by atoms with Crippen LogP contribution in [0.5, 0.6) is 11.5 Å². The molecule has 0 radical (unpaired) electrons. The molecule has 1 aliphatic rings. The average molecular weight is 951 g/mol. The first-order chi connectivity index (χ1) is 32.3. The number of phenols is 2. The molecule has 6 atom stereocenters. The maximum absolute atomic E-state index is 14.7. The lowest BCUT2D eigenvalue weighted by Crippen LogP contribution is -2.46. The van der Waals surface area contributed by atoms with Crippen molar-refractivity contribution in [3.05, 3.63) is 107 Å². The van der Waals surface area contributed by atoms with Crippen molar-refractivity contribution >= 4 is 58.3 Å². The van der Waals surface area contributed by atoms with Gasteiger partial charge >= 0.3 is 5.97 Å². The molecular weight excluding hydrogens is 890 g/mol. The molecule has 0 unspecified atom stereocenters. The van der Waals surface area contributed by atoms with Gasteiger partial charge in [-0.05, 0) is 84.5 Å². The van der Waals surface area contributed by atoms with E-state index in [1.807, 2.05) is 24.3 Å². The number of carboxylic acid groups (broad SMARTS) is 1. The van der Waals surface area contributed by atoms with Crippen molar-refractivity contribution in [2.75, 3.05) is 13.6 Å². The zero-order chi connectivity index (χ0) is 49.8. The number of fused-ring (bicyclic) bond motifs is 5. The lowest BCUT2D eigenvalue weighted by molar-refractivity contribution is -0.143. The second-order valence-electron chi connectivity index (χ2n) is 18.0. The molecule has 0 saturated carbocycles. The van der Waals surface area contributed by atoms with Crippen LogP contribution in [0.1, 0.15) is 106 Å². The van der Waals surface area contributed by atoms with Gasteiger partial charge in [0.1, 0.15) is 29.1 Å². The van der Waals surface area contributed by atoms with Crippen LogP contribution >= 0.6 is 11.6 Å². The molecule has 0 aliphatic carbocycles. The normalized spacial score (nSPS) is 17.5. The summed E-state index contributed by atoms with van der Waals surface area (Å²) in [4.78, 5) is 109. The van der Waals surface area contributed by atoms with E-state index in [9.17, 15) is 48.6 Å². The van der Waals surface area contributed by atoms with E-state index in [0.29, 0.717) is 42.0 Å². The summed E-state index contributed by atoms with van der Waals surface area (Å²) in [5, 5.41) is 34.9. The highest BCUT2D eigenvalue weighted by molar-refractivity contribution is 6.30. The quantitative estimate of drug-likeness (QED) is 0.0420. The third-order valence-corrected chi connectivity index (χ3v) is 12.9. The van der Waals surface area contributed by atoms with Gasteiger partial charge in [-0.3, -0.25) is 38.4 Å². The maximum atomic E-state index is 14.7. The fourth-order valence-corrected chi connectivity index (χ4v) is 8.61. The number of carbonyl (C=O) groups excluding carboxylic acids is 7. The molecule has 15 heteroatoms. The Labute approximate surface area is 401 Å². The highest BCUT2D eigenvalue weighted by atomic mass is 35.5. The Morgan fingerprint density at radius 3 is 2.03 bits per heavy atom. The van der Waals surface area contributed by atoms with Crippen molar-refractivity contribution < 1.29 is 53.7 Å². The number of nitrogens with one attached hydrogen (secondary N) is 1. The Kier molecular flexibility index (Phi) is 18.5. The van der Waals surface area contributed by atoms with Crippen molar-refractivity contribution in [1.82, 2.24) is 10.2 Å². The first kappa shape index (κ1) is 52.5. The van der Waals surface area contributed by atoms with E-state index >= 15 is 0 Å². The second-order valence-corrected chi connectivity index (χ2v) is 18.5. The zero-order valence-corrected chi connectivity index (χ0v) is 39.6. The third kappa shape index (κ3) is 13.8. The number of amides is 2. The number of phenolic OH excluding ortho intramolecular Hbond substituents is 2. The number of nitrogens with zero attached hydrogens (tertiary/aromatic N) is 1. The molecule has 4 aromatic carbocycles. The molecule has 1 aliphatic heterocycles. The minimum absolute atomic E-state index is 0.0813. The molecule has 0 fully saturated rings. The van der Waals surface area contributed by atoms with Crippen LogP contribution in [0, 0.1) is 23.7 Å². The van der Waals surface area contributed by atoms with E-state index in [0.717, 1.165) is 11.1 Å². The number of ketones is 5. The van der Waals surface area contributed by atoms with E-state index in [4.69, 9.17) is 22.4 Å². The van der Waals surface area contributed by atoms with Gasteiger partial charge in [-0.25, -0.2) is 0 Å². The van der Waals surface area contributed by atoms with Gasteiger partial charge in [-0.15, -0.1) is 0 Å². The highest BCUT2D eigenvalue weighted by Gasteiger charge is 2.36. The Balaban J connectivity index is 1.43. The molecule has 5 rings (SSSR count). The third-order valence-electron chi connectivity index (χ3n) is 12.7. The molecule has 4 aromatic rings. The van der Waals surface area contributed by atoms with Gasteiger partial charge in [-0.2, -0.15) is 0 Å². The summed E-state index contributed by atoms with van der Waals surface area (Å²) >= 11 is 6.06. The first-order valence-electron chi connectivity index (χ1n) is 22.9. The topological polar surface area (TPSA) is 239 Å². The maximum Gasteiger partial charge on any atom is 0.306 e. The van der Waals surface area contributed by atoms with Crippen molar-refractivity contribution in [1.29, 1.82) is 0 Å². The summed E-state index contributed by atoms with van der Waals surface area (Å²) in [6.07, 6.45) is -0.131. The predicted molar refractivity (Wildman–Crippen MR) is 257 cm³/mol. The minimum atomic E-state index is -1.32. The smallest absolute Gasteiger partial charge is 0.306 e. The van der Waals surface area contributed by atoms with Crippen molar-refractivity contribution in [2.24, 2.45) is 29.4 Å². The lowest BCUT2D eigenvalue weighted by Gasteiger charge is -2.32. The van der Waals surface area contributed by atoms with Crippen LogP contribution in [-0.2, 0) is 40.0 Å². The van der Waals surface area contributed by atoms with Gasteiger partial charge in [0.2, 0.25) is 11.8 Å². The number of nitrogens with two attached hydrogens (primary N) is 1. The lowest BCUT2D eigenvalue weighted by atomic mass is 9.87. The highest BCUT2D eigenvalue weighted by Crippen LogP contribution is 2.40. The predicted octanol–water partition coefficient (Wildman–Crippen LogP) is 7.86. The second kappa shape index (κ2) is 24.0. The molecule has 0 saturated heterocycles.